The fourth-order valence-electron chi connectivity index (χ4n) is 2.37. The van der Waals surface area contributed by atoms with Crippen LogP contribution in [0.25, 0.3) is 0 Å². The molecule has 0 radical (unpaired) electrons. The summed E-state index contributed by atoms with van der Waals surface area (Å²) in [5.41, 5.74) is 5.72. The summed E-state index contributed by atoms with van der Waals surface area (Å²) in [6, 6.07) is 0. The molecule has 0 aliphatic heterocycles. The summed E-state index contributed by atoms with van der Waals surface area (Å²) in [5.74, 6) is 1.68. The summed E-state index contributed by atoms with van der Waals surface area (Å²) in [7, 11) is 0. The maximum absolute atomic E-state index is 8.19. The highest BCUT2D eigenvalue weighted by molar-refractivity contribution is 5.84. The van der Waals surface area contributed by atoms with E-state index >= 15 is 0 Å². The van der Waals surface area contributed by atoms with Crippen LogP contribution in [0.3, 0.4) is 0 Å². The lowest BCUT2D eigenvalue weighted by atomic mass is 9.82. The van der Waals surface area contributed by atoms with Crippen LogP contribution >= 0.6 is 0 Å². The van der Waals surface area contributed by atoms with Crippen LogP contribution in [0.2, 0.25) is 0 Å². The van der Waals surface area contributed by atoms with Gasteiger partial charge >= 0.3 is 0 Å². The van der Waals surface area contributed by atoms with Crippen molar-refractivity contribution < 1.29 is 0 Å². The molecule has 1 aromatic rings. The van der Waals surface area contributed by atoms with E-state index < -0.39 is 0 Å². The third-order valence-corrected chi connectivity index (χ3v) is 3.57. The minimum absolute atomic E-state index is 0.121. The molecule has 17 heavy (non-hydrogen) atoms. The molecule has 1 aliphatic carbocycles. The molecule has 1 fully saturated rings. The molecule has 1 saturated carbocycles. The van der Waals surface area contributed by atoms with Crippen molar-refractivity contribution >= 4 is 11.7 Å². The Morgan fingerprint density at radius 3 is 2.71 bits per heavy atom. The van der Waals surface area contributed by atoms with Gasteiger partial charge in [-0.3, -0.25) is 15.4 Å². The summed E-state index contributed by atoms with van der Waals surface area (Å²) in [6.45, 7) is 2.26. The Balaban J connectivity index is 2.20. The normalized spacial score (nSPS) is 24.5. The van der Waals surface area contributed by atoms with Crippen molar-refractivity contribution in [3.63, 3.8) is 0 Å². The van der Waals surface area contributed by atoms with Gasteiger partial charge in [0.1, 0.15) is 5.84 Å². The molecule has 1 heterocycles. The maximum Gasteiger partial charge on any atom is 0.173 e. The molecule has 0 spiro atoms. The predicted octanol–water partition coefficient (Wildman–Crippen LogP) is 1.60. The van der Waals surface area contributed by atoms with Crippen LogP contribution in [-0.2, 0) is 0 Å². The Hall–Kier alpha value is -1.65. The molecule has 0 amide bonds. The minimum Gasteiger partial charge on any atom is -0.381 e. The number of nitrogens with zero attached hydrogens (tertiary/aromatic N) is 2. The Morgan fingerprint density at radius 1 is 1.41 bits per heavy atom. The fourth-order valence-corrected chi connectivity index (χ4v) is 2.37. The highest BCUT2D eigenvalue weighted by Gasteiger charge is 2.23. The van der Waals surface area contributed by atoms with Crippen molar-refractivity contribution in [2.24, 2.45) is 11.8 Å². The standard InChI is InChI=1S/C12H19N5/c1-8-2-4-9(5-3-8)11(14)17-7-6-16-10(13)12(17)15/h6-9,14-15H,2-5H2,1H3,(H2,13,16). The average Bonchev–Trinajstić information content (AvgIpc) is 2.33. The number of anilines is 1. The van der Waals surface area contributed by atoms with E-state index in [1.807, 2.05) is 0 Å². The van der Waals surface area contributed by atoms with Gasteiger partial charge in [-0.15, -0.1) is 0 Å². The molecule has 1 aromatic heterocycles. The fraction of sp³-hybridized carbons (Fsp3) is 0.583. The van der Waals surface area contributed by atoms with Gasteiger partial charge in [-0.25, -0.2) is 4.98 Å². The Bertz CT molecular complexity index is 468. The zero-order chi connectivity index (χ0) is 12.4. The van der Waals surface area contributed by atoms with E-state index in [-0.39, 0.29) is 17.2 Å². The third kappa shape index (κ3) is 2.38. The highest BCUT2D eigenvalue weighted by atomic mass is 15.1. The van der Waals surface area contributed by atoms with Crippen LogP contribution in [0.1, 0.15) is 32.6 Å². The monoisotopic (exact) mass is 233 g/mol. The van der Waals surface area contributed by atoms with Gasteiger partial charge in [0, 0.05) is 18.3 Å². The highest BCUT2D eigenvalue weighted by Crippen LogP contribution is 2.28. The lowest BCUT2D eigenvalue weighted by molar-refractivity contribution is 0.339. The molecule has 1 aliphatic rings. The molecular weight excluding hydrogens is 214 g/mol. The molecule has 2 rings (SSSR count). The zero-order valence-electron chi connectivity index (χ0n) is 10.1. The molecule has 0 aromatic carbocycles. The van der Waals surface area contributed by atoms with Crippen LogP contribution in [0, 0.1) is 22.7 Å². The van der Waals surface area contributed by atoms with E-state index in [4.69, 9.17) is 16.6 Å². The van der Waals surface area contributed by atoms with Crippen molar-refractivity contribution in [3.05, 3.63) is 17.9 Å². The van der Waals surface area contributed by atoms with Crippen LogP contribution in [-0.4, -0.2) is 15.4 Å². The van der Waals surface area contributed by atoms with Gasteiger partial charge in [0.2, 0.25) is 0 Å². The summed E-state index contributed by atoms with van der Waals surface area (Å²) < 4.78 is 1.54. The Labute approximate surface area is 101 Å². The SMILES string of the molecule is CC1CCC(C(=N)n2ccnc(N)c2=N)CC1. The second-order valence-corrected chi connectivity index (χ2v) is 4.87. The number of rotatable bonds is 1. The summed E-state index contributed by atoms with van der Waals surface area (Å²) in [4.78, 5) is 3.85. The van der Waals surface area contributed by atoms with Crippen LogP contribution < -0.4 is 11.2 Å². The first kappa shape index (κ1) is 11.8. The smallest absolute Gasteiger partial charge is 0.173 e. The van der Waals surface area contributed by atoms with Gasteiger partial charge in [0.25, 0.3) is 0 Å². The molecule has 5 nitrogen and oxygen atoms in total. The summed E-state index contributed by atoms with van der Waals surface area (Å²) in [6.07, 6.45) is 7.61. The van der Waals surface area contributed by atoms with E-state index in [0.717, 1.165) is 18.8 Å². The van der Waals surface area contributed by atoms with Crippen LogP contribution in [0.4, 0.5) is 5.82 Å². The predicted molar refractivity (Wildman–Crippen MR) is 66.7 cm³/mol. The van der Waals surface area contributed by atoms with Crippen LogP contribution in [0.15, 0.2) is 12.4 Å². The van der Waals surface area contributed by atoms with Gasteiger partial charge in [-0.2, -0.15) is 0 Å². The van der Waals surface area contributed by atoms with Gasteiger partial charge in [-0.05, 0) is 18.8 Å². The molecular formula is C12H19N5. The number of aromatic nitrogens is 2. The maximum atomic E-state index is 8.19. The largest absolute Gasteiger partial charge is 0.381 e. The first-order valence-corrected chi connectivity index (χ1v) is 6.06. The molecule has 5 heteroatoms. The second-order valence-electron chi connectivity index (χ2n) is 4.87. The topological polar surface area (TPSA) is 91.5 Å². The third-order valence-electron chi connectivity index (χ3n) is 3.57. The second kappa shape index (κ2) is 4.69. The number of hydrogen-bond acceptors (Lipinski definition) is 4. The quantitative estimate of drug-likeness (QED) is 0.508. The van der Waals surface area contributed by atoms with Crippen molar-refractivity contribution in [1.29, 1.82) is 10.8 Å². The first-order chi connectivity index (χ1) is 8.09. The molecule has 0 bridgehead atoms. The van der Waals surface area contributed by atoms with Gasteiger partial charge in [0.05, 0.1) is 0 Å². The van der Waals surface area contributed by atoms with Crippen molar-refractivity contribution in [2.75, 3.05) is 5.73 Å². The van der Waals surface area contributed by atoms with E-state index in [1.165, 1.54) is 12.8 Å². The molecule has 0 saturated heterocycles. The average molecular weight is 233 g/mol. The molecule has 4 N–H and O–H groups in total. The summed E-state index contributed by atoms with van der Waals surface area (Å²) in [5, 5.41) is 16.0. The number of nitrogens with one attached hydrogen (secondary N) is 2. The minimum atomic E-state index is 0.121. The van der Waals surface area contributed by atoms with Crippen molar-refractivity contribution in [3.8, 4) is 0 Å². The number of nitrogens with two attached hydrogens (primary N) is 1. The summed E-state index contributed by atoms with van der Waals surface area (Å²) >= 11 is 0. The van der Waals surface area contributed by atoms with Crippen molar-refractivity contribution in [1.82, 2.24) is 9.55 Å². The van der Waals surface area contributed by atoms with E-state index in [1.54, 1.807) is 17.0 Å². The van der Waals surface area contributed by atoms with Crippen molar-refractivity contribution in [2.45, 2.75) is 32.6 Å². The molecule has 0 atom stereocenters. The van der Waals surface area contributed by atoms with Gasteiger partial charge < -0.3 is 5.73 Å². The molecule has 0 unspecified atom stereocenters. The van der Waals surface area contributed by atoms with E-state index in [2.05, 4.69) is 11.9 Å². The van der Waals surface area contributed by atoms with Gasteiger partial charge in [0.15, 0.2) is 11.3 Å². The number of nitrogen functional groups attached to an aromatic ring is 1. The number of hydrogen-bond donors (Lipinski definition) is 3. The Morgan fingerprint density at radius 2 is 2.06 bits per heavy atom. The first-order valence-electron chi connectivity index (χ1n) is 6.06. The molecule has 92 valence electrons. The lowest BCUT2D eigenvalue weighted by Gasteiger charge is -2.27. The Kier molecular flexibility index (Phi) is 3.26. The van der Waals surface area contributed by atoms with E-state index in [0.29, 0.717) is 5.84 Å². The van der Waals surface area contributed by atoms with Gasteiger partial charge in [-0.1, -0.05) is 19.8 Å². The van der Waals surface area contributed by atoms with E-state index in [9.17, 15) is 0 Å². The lowest BCUT2D eigenvalue weighted by Crippen LogP contribution is -2.34. The zero-order valence-corrected chi connectivity index (χ0v) is 10.1. The van der Waals surface area contributed by atoms with Crippen LogP contribution in [0.5, 0.6) is 0 Å².